The average molecular weight is 342 g/mol. The number of hydrogen-bond donors (Lipinski definition) is 1. The zero-order valence-electron chi connectivity index (χ0n) is 12.2. The van der Waals surface area contributed by atoms with Crippen molar-refractivity contribution in [1.82, 2.24) is 4.98 Å². The Balaban J connectivity index is 1.72. The molecule has 1 heterocycles. The van der Waals surface area contributed by atoms with Gasteiger partial charge in [0.1, 0.15) is 5.82 Å². The first-order valence-electron chi connectivity index (χ1n) is 6.87. The van der Waals surface area contributed by atoms with E-state index < -0.39 is 10.7 Å². The topological polar surface area (TPSA) is 80.4 Å². The number of aromatic nitrogens is 1. The van der Waals surface area contributed by atoms with Crippen LogP contribution < -0.4 is 5.43 Å². The number of non-ortho nitro benzene ring substituents is 1. The lowest BCUT2D eigenvalue weighted by Crippen LogP contribution is -1.95. The zero-order chi connectivity index (χ0) is 16.9. The highest BCUT2D eigenvalue weighted by molar-refractivity contribution is 7.14. The van der Waals surface area contributed by atoms with Crippen molar-refractivity contribution in [3.63, 3.8) is 0 Å². The number of nitrogens with zero attached hydrogens (tertiary/aromatic N) is 3. The fourth-order valence-electron chi connectivity index (χ4n) is 1.97. The van der Waals surface area contributed by atoms with Crippen LogP contribution in [0.15, 0.2) is 59.0 Å². The maximum absolute atomic E-state index is 13.6. The van der Waals surface area contributed by atoms with E-state index in [1.165, 1.54) is 17.6 Å². The van der Waals surface area contributed by atoms with Gasteiger partial charge in [-0.1, -0.05) is 30.3 Å². The summed E-state index contributed by atoms with van der Waals surface area (Å²) in [5.41, 5.74) is 4.32. The lowest BCUT2D eigenvalue weighted by molar-refractivity contribution is -0.384. The number of halogens is 1. The monoisotopic (exact) mass is 342 g/mol. The Hall–Kier alpha value is -3.13. The van der Waals surface area contributed by atoms with E-state index in [0.29, 0.717) is 5.13 Å². The molecule has 0 aliphatic carbocycles. The van der Waals surface area contributed by atoms with Gasteiger partial charge in [-0.3, -0.25) is 15.5 Å². The van der Waals surface area contributed by atoms with Crippen LogP contribution in [0.2, 0.25) is 0 Å². The van der Waals surface area contributed by atoms with Crippen LogP contribution in [0.25, 0.3) is 11.3 Å². The number of thiazole rings is 1. The van der Waals surface area contributed by atoms with Crippen molar-refractivity contribution in [1.29, 1.82) is 0 Å². The number of nitro benzene ring substituents is 1. The normalized spacial score (nSPS) is 10.9. The Morgan fingerprint density at radius 2 is 2.04 bits per heavy atom. The van der Waals surface area contributed by atoms with Gasteiger partial charge in [0.2, 0.25) is 5.13 Å². The Morgan fingerprint density at radius 3 is 2.79 bits per heavy atom. The van der Waals surface area contributed by atoms with Crippen LogP contribution in [0, 0.1) is 15.9 Å². The van der Waals surface area contributed by atoms with Crippen LogP contribution in [0.3, 0.4) is 0 Å². The van der Waals surface area contributed by atoms with Crippen molar-refractivity contribution < 1.29 is 9.31 Å². The summed E-state index contributed by atoms with van der Waals surface area (Å²) < 4.78 is 13.6. The fraction of sp³-hybridized carbons (Fsp3) is 0. The van der Waals surface area contributed by atoms with E-state index in [1.54, 1.807) is 0 Å². The maximum Gasteiger partial charge on any atom is 0.270 e. The second-order valence-electron chi connectivity index (χ2n) is 4.74. The molecule has 0 atom stereocenters. The van der Waals surface area contributed by atoms with Crippen LogP contribution >= 0.6 is 11.3 Å². The molecule has 0 saturated carbocycles. The molecular formula is C16H11FN4O2S. The highest BCUT2D eigenvalue weighted by Gasteiger charge is 2.09. The molecule has 0 spiro atoms. The van der Waals surface area contributed by atoms with E-state index in [-0.39, 0.29) is 11.3 Å². The summed E-state index contributed by atoms with van der Waals surface area (Å²) in [7, 11) is 0. The van der Waals surface area contributed by atoms with E-state index in [2.05, 4.69) is 15.5 Å². The molecule has 1 N–H and O–H groups in total. The molecule has 120 valence electrons. The molecule has 6 nitrogen and oxygen atoms in total. The number of nitrogens with one attached hydrogen (secondary N) is 1. The molecule has 1 aromatic heterocycles. The van der Waals surface area contributed by atoms with Crippen LogP contribution in [0.4, 0.5) is 15.2 Å². The van der Waals surface area contributed by atoms with Crippen molar-refractivity contribution in [3.8, 4) is 11.3 Å². The van der Waals surface area contributed by atoms with E-state index in [9.17, 15) is 14.5 Å². The summed E-state index contributed by atoms with van der Waals surface area (Å²) >= 11 is 1.35. The Kier molecular flexibility index (Phi) is 4.57. The molecule has 0 saturated heterocycles. The van der Waals surface area contributed by atoms with Crippen molar-refractivity contribution >= 4 is 28.4 Å². The van der Waals surface area contributed by atoms with Gasteiger partial charge < -0.3 is 0 Å². The summed E-state index contributed by atoms with van der Waals surface area (Å²) in [5.74, 6) is -0.588. The predicted octanol–water partition coefficient (Wildman–Crippen LogP) is 4.30. The molecule has 0 aliphatic heterocycles. The number of hydrazone groups is 1. The minimum Gasteiger partial charge on any atom is -0.258 e. The van der Waals surface area contributed by atoms with Crippen LogP contribution in [0.1, 0.15) is 5.56 Å². The molecule has 0 radical (unpaired) electrons. The third kappa shape index (κ3) is 3.61. The number of nitro groups is 1. The first-order valence-corrected chi connectivity index (χ1v) is 7.75. The van der Waals surface area contributed by atoms with E-state index in [0.717, 1.165) is 29.5 Å². The minimum atomic E-state index is -0.588. The molecule has 0 unspecified atom stereocenters. The molecular weight excluding hydrogens is 331 g/mol. The molecule has 0 bridgehead atoms. The lowest BCUT2D eigenvalue weighted by atomic mass is 10.2. The van der Waals surface area contributed by atoms with Crippen LogP contribution in [0.5, 0.6) is 0 Å². The van der Waals surface area contributed by atoms with Gasteiger partial charge in [0.15, 0.2) is 0 Å². The second-order valence-corrected chi connectivity index (χ2v) is 5.59. The van der Waals surface area contributed by atoms with Gasteiger partial charge in [-0.25, -0.2) is 9.37 Å². The smallest absolute Gasteiger partial charge is 0.258 e. The SMILES string of the molecule is O=[N+]([O-])c1ccc(F)c(C=NNc2nc(-c3ccccc3)cs2)c1. The lowest BCUT2D eigenvalue weighted by Gasteiger charge is -1.97. The maximum atomic E-state index is 13.6. The van der Waals surface area contributed by atoms with E-state index in [1.807, 2.05) is 35.7 Å². The minimum absolute atomic E-state index is 0.0246. The summed E-state index contributed by atoms with van der Waals surface area (Å²) in [5, 5.41) is 17.0. The molecule has 0 fully saturated rings. The number of anilines is 1. The summed E-state index contributed by atoms with van der Waals surface area (Å²) in [6, 6.07) is 12.9. The zero-order valence-corrected chi connectivity index (χ0v) is 13.0. The fourth-order valence-corrected chi connectivity index (χ4v) is 2.64. The molecule has 3 aromatic rings. The first-order chi connectivity index (χ1) is 11.6. The van der Waals surface area contributed by atoms with Gasteiger partial charge in [0, 0.05) is 28.6 Å². The highest BCUT2D eigenvalue weighted by atomic mass is 32.1. The van der Waals surface area contributed by atoms with Gasteiger partial charge in [0.05, 0.1) is 16.8 Å². The van der Waals surface area contributed by atoms with E-state index >= 15 is 0 Å². The molecule has 0 amide bonds. The summed E-state index contributed by atoms with van der Waals surface area (Å²) in [4.78, 5) is 14.5. The van der Waals surface area contributed by atoms with Crippen molar-refractivity contribution in [2.24, 2.45) is 5.10 Å². The third-order valence-corrected chi connectivity index (χ3v) is 3.87. The van der Waals surface area contributed by atoms with Crippen LogP contribution in [-0.4, -0.2) is 16.1 Å². The number of hydrogen-bond acceptors (Lipinski definition) is 6. The van der Waals surface area contributed by atoms with Gasteiger partial charge in [-0.2, -0.15) is 5.10 Å². The third-order valence-electron chi connectivity index (χ3n) is 3.13. The molecule has 3 rings (SSSR count). The largest absolute Gasteiger partial charge is 0.270 e. The average Bonchev–Trinajstić information content (AvgIpc) is 3.06. The number of rotatable bonds is 5. The van der Waals surface area contributed by atoms with Crippen LogP contribution in [-0.2, 0) is 0 Å². The van der Waals surface area contributed by atoms with Gasteiger partial charge in [-0.05, 0) is 6.07 Å². The van der Waals surface area contributed by atoms with Crippen molar-refractivity contribution in [3.05, 3.63) is 75.4 Å². The Morgan fingerprint density at radius 1 is 1.25 bits per heavy atom. The summed E-state index contributed by atoms with van der Waals surface area (Å²) in [6.45, 7) is 0. The highest BCUT2D eigenvalue weighted by Crippen LogP contribution is 2.24. The molecule has 24 heavy (non-hydrogen) atoms. The Bertz CT molecular complexity index is 896. The first kappa shape index (κ1) is 15.8. The standard InChI is InChI=1S/C16H11FN4O2S/c17-14-7-6-13(21(22)23)8-12(14)9-18-20-16-19-15(10-24-16)11-4-2-1-3-5-11/h1-10H,(H,19,20). The summed E-state index contributed by atoms with van der Waals surface area (Å²) in [6.07, 6.45) is 1.19. The number of benzene rings is 2. The predicted molar refractivity (Wildman–Crippen MR) is 91.8 cm³/mol. The van der Waals surface area contributed by atoms with Gasteiger partial charge in [-0.15, -0.1) is 11.3 Å². The van der Waals surface area contributed by atoms with Gasteiger partial charge >= 0.3 is 0 Å². The second kappa shape index (κ2) is 6.97. The van der Waals surface area contributed by atoms with Gasteiger partial charge in [0.25, 0.3) is 5.69 Å². The molecule has 2 aromatic carbocycles. The Labute approximate surface area is 140 Å². The molecule has 0 aliphatic rings. The van der Waals surface area contributed by atoms with E-state index in [4.69, 9.17) is 0 Å². The van der Waals surface area contributed by atoms with Crippen molar-refractivity contribution in [2.45, 2.75) is 0 Å². The molecule has 8 heteroatoms. The van der Waals surface area contributed by atoms with Crippen molar-refractivity contribution in [2.75, 3.05) is 5.43 Å². The quantitative estimate of drug-likeness (QED) is 0.426.